The number of hydrogen-bond acceptors (Lipinski definition) is 4. The van der Waals surface area contributed by atoms with Gasteiger partial charge in [-0.1, -0.05) is 35.9 Å². The standard InChI is InChI=1S/C13H14ClNS.C2H4O2/c14-13-6-2-1-4-11(13)10-15-8-7-12-5-3-9-16-12;1-4-2-3/h1-6,9,15H,7-8,10H2;2H,1H3. The molecule has 0 aliphatic heterocycles. The van der Waals surface area contributed by atoms with Crippen molar-refractivity contribution < 1.29 is 9.53 Å². The predicted octanol–water partition coefficient (Wildman–Crippen LogP) is 3.52. The third kappa shape index (κ3) is 6.70. The van der Waals surface area contributed by atoms with Gasteiger partial charge in [0.1, 0.15) is 0 Å². The van der Waals surface area contributed by atoms with Crippen LogP contribution in [-0.4, -0.2) is 20.1 Å². The summed E-state index contributed by atoms with van der Waals surface area (Å²) >= 11 is 7.87. The lowest BCUT2D eigenvalue weighted by molar-refractivity contribution is -0.126. The van der Waals surface area contributed by atoms with Gasteiger partial charge in [-0.2, -0.15) is 0 Å². The first kappa shape index (κ1) is 16.7. The van der Waals surface area contributed by atoms with Gasteiger partial charge in [0.25, 0.3) is 6.47 Å². The van der Waals surface area contributed by atoms with Gasteiger partial charge in [0, 0.05) is 23.0 Å². The van der Waals surface area contributed by atoms with Gasteiger partial charge in [-0.05, 0) is 29.5 Å². The average Bonchev–Trinajstić information content (AvgIpc) is 2.99. The summed E-state index contributed by atoms with van der Waals surface area (Å²) < 4.78 is 3.86. The number of rotatable bonds is 6. The second kappa shape index (κ2) is 10.4. The molecule has 0 saturated carbocycles. The zero-order chi connectivity index (χ0) is 14.6. The summed E-state index contributed by atoms with van der Waals surface area (Å²) in [5, 5.41) is 6.36. The number of methoxy groups -OCH3 is 1. The van der Waals surface area contributed by atoms with Gasteiger partial charge in [0.15, 0.2) is 0 Å². The van der Waals surface area contributed by atoms with Crippen LogP contribution >= 0.6 is 22.9 Å². The molecule has 1 N–H and O–H groups in total. The molecule has 1 aromatic heterocycles. The van der Waals surface area contributed by atoms with Crippen LogP contribution in [0.4, 0.5) is 0 Å². The van der Waals surface area contributed by atoms with Gasteiger partial charge in [-0.15, -0.1) is 11.3 Å². The topological polar surface area (TPSA) is 38.3 Å². The molecule has 0 unspecified atom stereocenters. The highest BCUT2D eigenvalue weighted by Gasteiger charge is 1.98. The number of ether oxygens (including phenoxy) is 1. The Labute approximate surface area is 128 Å². The Morgan fingerprint density at radius 1 is 1.30 bits per heavy atom. The molecule has 108 valence electrons. The number of halogens is 1. The third-order valence-corrected chi connectivity index (χ3v) is 3.80. The normalized spacial score (nSPS) is 9.50. The molecular formula is C15H18ClNO2S. The van der Waals surface area contributed by atoms with Crippen molar-refractivity contribution >= 4 is 29.4 Å². The second-order valence-corrected chi connectivity index (χ2v) is 5.37. The Hall–Kier alpha value is -1.36. The molecule has 0 saturated heterocycles. The molecule has 2 rings (SSSR count). The lowest BCUT2D eigenvalue weighted by Crippen LogP contribution is -2.16. The van der Waals surface area contributed by atoms with Crippen LogP contribution in [0.5, 0.6) is 0 Å². The maximum Gasteiger partial charge on any atom is 0.292 e. The molecule has 0 atom stereocenters. The van der Waals surface area contributed by atoms with E-state index >= 15 is 0 Å². The van der Waals surface area contributed by atoms with Crippen molar-refractivity contribution in [1.82, 2.24) is 5.32 Å². The lowest BCUT2D eigenvalue weighted by Gasteiger charge is -2.05. The summed E-state index contributed by atoms with van der Waals surface area (Å²) in [6.45, 7) is 2.21. The fourth-order valence-electron chi connectivity index (χ4n) is 1.53. The van der Waals surface area contributed by atoms with E-state index in [4.69, 9.17) is 16.4 Å². The number of nitrogens with one attached hydrogen (secondary N) is 1. The van der Waals surface area contributed by atoms with Crippen molar-refractivity contribution in [2.45, 2.75) is 13.0 Å². The highest BCUT2D eigenvalue weighted by Crippen LogP contribution is 2.14. The van der Waals surface area contributed by atoms with Crippen LogP contribution in [-0.2, 0) is 22.5 Å². The monoisotopic (exact) mass is 311 g/mol. The molecule has 0 aliphatic carbocycles. The highest BCUT2D eigenvalue weighted by molar-refractivity contribution is 7.09. The van der Waals surface area contributed by atoms with E-state index in [-0.39, 0.29) is 0 Å². The van der Waals surface area contributed by atoms with Crippen molar-refractivity contribution in [3.05, 3.63) is 57.2 Å². The summed E-state index contributed by atoms with van der Waals surface area (Å²) in [5.41, 5.74) is 1.16. The Morgan fingerprint density at radius 3 is 2.65 bits per heavy atom. The van der Waals surface area contributed by atoms with E-state index in [1.807, 2.05) is 18.2 Å². The van der Waals surface area contributed by atoms with Crippen LogP contribution in [0.15, 0.2) is 41.8 Å². The molecule has 5 heteroatoms. The van der Waals surface area contributed by atoms with E-state index in [1.165, 1.54) is 12.0 Å². The Balaban J connectivity index is 0.000000444. The van der Waals surface area contributed by atoms with Crippen molar-refractivity contribution in [3.8, 4) is 0 Å². The number of thiophene rings is 1. The van der Waals surface area contributed by atoms with Gasteiger partial charge in [-0.3, -0.25) is 4.79 Å². The first-order chi connectivity index (χ1) is 9.77. The predicted molar refractivity (Wildman–Crippen MR) is 84.3 cm³/mol. The molecule has 0 amide bonds. The molecule has 0 fully saturated rings. The Kier molecular flexibility index (Phi) is 8.71. The van der Waals surface area contributed by atoms with E-state index < -0.39 is 0 Å². The summed E-state index contributed by atoms with van der Waals surface area (Å²) in [4.78, 5) is 10.4. The molecule has 1 aromatic carbocycles. The van der Waals surface area contributed by atoms with E-state index in [1.54, 1.807) is 11.3 Å². The van der Waals surface area contributed by atoms with Crippen LogP contribution in [0.3, 0.4) is 0 Å². The van der Waals surface area contributed by atoms with Crippen molar-refractivity contribution in [2.24, 2.45) is 0 Å². The zero-order valence-corrected chi connectivity index (χ0v) is 12.9. The van der Waals surface area contributed by atoms with Crippen LogP contribution in [0, 0.1) is 0 Å². The number of benzene rings is 1. The van der Waals surface area contributed by atoms with Gasteiger partial charge < -0.3 is 10.1 Å². The first-order valence-electron chi connectivity index (χ1n) is 6.21. The maximum atomic E-state index is 8.95. The molecule has 0 spiro atoms. The molecule has 20 heavy (non-hydrogen) atoms. The lowest BCUT2D eigenvalue weighted by atomic mass is 10.2. The molecular weight excluding hydrogens is 294 g/mol. The van der Waals surface area contributed by atoms with E-state index in [9.17, 15) is 0 Å². The van der Waals surface area contributed by atoms with Crippen molar-refractivity contribution in [1.29, 1.82) is 0 Å². The smallest absolute Gasteiger partial charge is 0.292 e. The van der Waals surface area contributed by atoms with Crippen LogP contribution in [0.1, 0.15) is 10.4 Å². The Bertz CT molecular complexity index is 488. The number of carbonyl (C=O) groups excluding carboxylic acids is 1. The molecule has 1 heterocycles. The first-order valence-corrected chi connectivity index (χ1v) is 7.46. The summed E-state index contributed by atoms with van der Waals surface area (Å²) in [6, 6.07) is 12.2. The fourth-order valence-corrected chi connectivity index (χ4v) is 2.44. The summed E-state index contributed by atoms with van der Waals surface area (Å²) in [5.74, 6) is 0. The largest absolute Gasteiger partial charge is 0.471 e. The van der Waals surface area contributed by atoms with Crippen molar-refractivity contribution in [2.75, 3.05) is 13.7 Å². The number of hydrogen-bond donors (Lipinski definition) is 1. The minimum absolute atomic E-state index is 0.375. The molecule has 2 aromatic rings. The molecule has 0 aliphatic rings. The van der Waals surface area contributed by atoms with E-state index in [2.05, 4.69) is 33.6 Å². The highest BCUT2D eigenvalue weighted by atomic mass is 35.5. The average molecular weight is 312 g/mol. The van der Waals surface area contributed by atoms with E-state index in [0.29, 0.717) is 6.47 Å². The molecule has 0 radical (unpaired) electrons. The van der Waals surface area contributed by atoms with E-state index in [0.717, 1.165) is 30.1 Å². The molecule has 0 bridgehead atoms. The summed E-state index contributed by atoms with van der Waals surface area (Å²) in [6.07, 6.45) is 1.09. The Morgan fingerprint density at radius 2 is 2.05 bits per heavy atom. The van der Waals surface area contributed by atoms with Gasteiger partial charge >= 0.3 is 0 Å². The minimum atomic E-state index is 0.375. The second-order valence-electron chi connectivity index (χ2n) is 3.93. The van der Waals surface area contributed by atoms with Crippen LogP contribution < -0.4 is 5.32 Å². The maximum absolute atomic E-state index is 8.95. The number of carbonyl (C=O) groups is 1. The van der Waals surface area contributed by atoms with Crippen molar-refractivity contribution in [3.63, 3.8) is 0 Å². The molecule has 3 nitrogen and oxygen atoms in total. The van der Waals surface area contributed by atoms with Gasteiger partial charge in [-0.25, -0.2) is 0 Å². The van der Waals surface area contributed by atoms with Gasteiger partial charge in [0.2, 0.25) is 0 Å². The van der Waals surface area contributed by atoms with Crippen LogP contribution in [0.25, 0.3) is 0 Å². The van der Waals surface area contributed by atoms with Gasteiger partial charge in [0.05, 0.1) is 7.11 Å². The fraction of sp³-hybridized carbons (Fsp3) is 0.267. The van der Waals surface area contributed by atoms with Crippen LogP contribution in [0.2, 0.25) is 5.02 Å². The minimum Gasteiger partial charge on any atom is -0.471 e. The summed E-state index contributed by atoms with van der Waals surface area (Å²) in [7, 11) is 1.31. The zero-order valence-electron chi connectivity index (χ0n) is 11.3. The third-order valence-electron chi connectivity index (χ3n) is 2.50. The SMILES string of the molecule is COC=O.Clc1ccccc1CNCCc1cccs1. The quantitative estimate of drug-likeness (QED) is 0.655.